The second kappa shape index (κ2) is 8.75. The third-order valence-electron chi connectivity index (χ3n) is 3.90. The Hall–Kier alpha value is -3.07. The van der Waals surface area contributed by atoms with Crippen LogP contribution in [0.25, 0.3) is 16.9 Å². The molecule has 0 aliphatic rings. The van der Waals surface area contributed by atoms with Crippen molar-refractivity contribution in [2.75, 3.05) is 13.2 Å². The van der Waals surface area contributed by atoms with Gasteiger partial charge in [-0.15, -0.1) is 0 Å². The van der Waals surface area contributed by atoms with Gasteiger partial charge in [0, 0.05) is 23.3 Å². The van der Waals surface area contributed by atoms with Crippen molar-refractivity contribution in [3.63, 3.8) is 0 Å². The molecule has 0 radical (unpaired) electrons. The maximum atomic E-state index is 12.8. The number of hydrogen-bond donors (Lipinski definition) is 3. The Morgan fingerprint density at radius 3 is 2.64 bits per heavy atom. The normalized spacial score (nSPS) is 11.8. The highest BCUT2D eigenvalue weighted by atomic mass is 35.5. The summed E-state index contributed by atoms with van der Waals surface area (Å²) in [5.74, 6) is -0.687. The minimum absolute atomic E-state index is 0.158. The van der Waals surface area contributed by atoms with Crippen LogP contribution in [0.15, 0.2) is 59.7 Å². The summed E-state index contributed by atoms with van der Waals surface area (Å²) in [5.41, 5.74) is 0.642. The summed E-state index contributed by atoms with van der Waals surface area (Å²) < 4.78 is 1.09. The molecule has 8 nitrogen and oxygen atoms in total. The maximum Gasteiger partial charge on any atom is 0.284 e. The van der Waals surface area contributed by atoms with Crippen LogP contribution in [-0.2, 0) is 0 Å². The van der Waals surface area contributed by atoms with E-state index in [1.54, 1.807) is 42.6 Å². The predicted molar refractivity (Wildman–Crippen MR) is 104 cm³/mol. The fraction of sp³-hybridized carbons (Fsp3) is 0.158. The number of aliphatic hydroxyl groups is 2. The van der Waals surface area contributed by atoms with Crippen molar-refractivity contribution in [2.45, 2.75) is 6.10 Å². The van der Waals surface area contributed by atoms with Gasteiger partial charge in [0.2, 0.25) is 0 Å². The van der Waals surface area contributed by atoms with Crippen molar-refractivity contribution in [2.24, 2.45) is 0 Å². The van der Waals surface area contributed by atoms with Gasteiger partial charge in [-0.1, -0.05) is 23.7 Å². The van der Waals surface area contributed by atoms with Gasteiger partial charge in [0.15, 0.2) is 0 Å². The molecule has 3 rings (SSSR count). The number of carbonyl (C=O) groups excluding carboxylic acids is 1. The van der Waals surface area contributed by atoms with Gasteiger partial charge in [-0.3, -0.25) is 14.6 Å². The predicted octanol–water partition coefficient (Wildman–Crippen LogP) is 1.03. The molecular weight excluding hydrogens is 384 g/mol. The summed E-state index contributed by atoms with van der Waals surface area (Å²) >= 11 is 5.93. The number of nitrogens with one attached hydrogen (secondary N) is 1. The van der Waals surface area contributed by atoms with Gasteiger partial charge in [0.25, 0.3) is 11.5 Å². The Kier molecular flexibility index (Phi) is 6.15. The standard InChI is InChI=1S/C19H17ClN4O4/c20-13-5-3-12(4-6-13)17-8-16(18(27)22-10-15(26)11-25)19(28)24(23-17)14-2-1-7-21-9-14/h1-9,15,25-26H,10-11H2,(H,22,27)/t15-/m1/s1. The average Bonchev–Trinajstić information content (AvgIpc) is 2.73. The lowest BCUT2D eigenvalue weighted by atomic mass is 10.1. The molecule has 2 aromatic heterocycles. The number of rotatable bonds is 6. The number of hydrogen-bond acceptors (Lipinski definition) is 6. The molecule has 0 aliphatic heterocycles. The van der Waals surface area contributed by atoms with Gasteiger partial charge in [-0.2, -0.15) is 9.78 Å². The molecule has 3 N–H and O–H groups in total. The van der Waals surface area contributed by atoms with Crippen LogP contribution < -0.4 is 10.9 Å². The summed E-state index contributed by atoms with van der Waals surface area (Å²) in [4.78, 5) is 29.3. The topological polar surface area (TPSA) is 117 Å². The van der Waals surface area contributed by atoms with Crippen LogP contribution in [0, 0.1) is 0 Å². The highest BCUT2D eigenvalue weighted by Crippen LogP contribution is 2.20. The summed E-state index contributed by atoms with van der Waals surface area (Å²) in [5, 5.41) is 25.6. The van der Waals surface area contributed by atoms with Crippen molar-refractivity contribution in [3.05, 3.63) is 75.8 Å². The summed E-state index contributed by atoms with van der Waals surface area (Å²) in [6, 6.07) is 11.5. The molecule has 0 aliphatic carbocycles. The zero-order valence-corrected chi connectivity index (χ0v) is 15.4. The second-order valence-electron chi connectivity index (χ2n) is 5.92. The molecule has 2 heterocycles. The van der Waals surface area contributed by atoms with Gasteiger partial charge < -0.3 is 15.5 Å². The van der Waals surface area contributed by atoms with Crippen LogP contribution in [0.1, 0.15) is 10.4 Å². The molecular formula is C19H17ClN4O4. The largest absolute Gasteiger partial charge is 0.394 e. The van der Waals surface area contributed by atoms with Crippen LogP contribution in [-0.4, -0.2) is 50.1 Å². The van der Waals surface area contributed by atoms with Crippen molar-refractivity contribution >= 4 is 17.5 Å². The molecule has 144 valence electrons. The third-order valence-corrected chi connectivity index (χ3v) is 4.15. The third kappa shape index (κ3) is 4.42. The lowest BCUT2D eigenvalue weighted by Crippen LogP contribution is -2.38. The summed E-state index contributed by atoms with van der Waals surface area (Å²) in [7, 11) is 0. The van der Waals surface area contributed by atoms with Gasteiger partial charge in [0.05, 0.1) is 30.3 Å². The van der Waals surface area contributed by atoms with E-state index in [9.17, 15) is 14.7 Å². The van der Waals surface area contributed by atoms with Crippen LogP contribution in [0.5, 0.6) is 0 Å². The number of halogens is 1. The van der Waals surface area contributed by atoms with E-state index < -0.39 is 24.2 Å². The smallest absolute Gasteiger partial charge is 0.284 e. The SMILES string of the molecule is O=C(NC[C@@H](O)CO)c1cc(-c2ccc(Cl)cc2)nn(-c2cccnc2)c1=O. The monoisotopic (exact) mass is 400 g/mol. The quantitative estimate of drug-likeness (QED) is 0.569. The van der Waals surface area contributed by atoms with Crippen molar-refractivity contribution < 1.29 is 15.0 Å². The molecule has 1 atom stereocenters. The highest BCUT2D eigenvalue weighted by Gasteiger charge is 2.18. The van der Waals surface area contributed by atoms with Gasteiger partial charge in [0.1, 0.15) is 5.56 Å². The van der Waals surface area contributed by atoms with Crippen LogP contribution in [0.4, 0.5) is 0 Å². The number of carbonyl (C=O) groups is 1. The molecule has 3 aromatic rings. The van der Waals surface area contributed by atoms with E-state index in [0.717, 1.165) is 4.68 Å². The number of benzene rings is 1. The number of amides is 1. The Morgan fingerprint density at radius 1 is 1.25 bits per heavy atom. The van der Waals surface area contributed by atoms with Crippen LogP contribution in [0.2, 0.25) is 5.02 Å². The molecule has 0 bridgehead atoms. The first-order valence-corrected chi connectivity index (χ1v) is 8.75. The first-order valence-electron chi connectivity index (χ1n) is 8.37. The van der Waals surface area contributed by atoms with Crippen LogP contribution >= 0.6 is 11.6 Å². The van der Waals surface area contributed by atoms with Crippen molar-refractivity contribution in [1.29, 1.82) is 0 Å². The Labute approximate surface area is 165 Å². The van der Waals surface area contributed by atoms with Gasteiger partial charge >= 0.3 is 0 Å². The average molecular weight is 401 g/mol. The molecule has 0 saturated carbocycles. The second-order valence-corrected chi connectivity index (χ2v) is 6.36. The lowest BCUT2D eigenvalue weighted by Gasteiger charge is -2.12. The maximum absolute atomic E-state index is 12.8. The number of aliphatic hydroxyl groups excluding tert-OH is 2. The molecule has 28 heavy (non-hydrogen) atoms. The minimum atomic E-state index is -1.12. The Bertz CT molecular complexity index is 1020. The number of aromatic nitrogens is 3. The fourth-order valence-electron chi connectivity index (χ4n) is 2.44. The Morgan fingerprint density at radius 2 is 2.00 bits per heavy atom. The van der Waals surface area contributed by atoms with E-state index in [2.05, 4.69) is 15.4 Å². The van der Waals surface area contributed by atoms with E-state index in [-0.39, 0.29) is 12.1 Å². The molecule has 0 fully saturated rings. The summed E-state index contributed by atoms with van der Waals surface area (Å²) in [6.45, 7) is -0.702. The zero-order chi connectivity index (χ0) is 20.1. The Balaban J connectivity index is 2.10. The molecule has 1 aromatic carbocycles. The molecule has 9 heteroatoms. The summed E-state index contributed by atoms with van der Waals surface area (Å²) in [6.07, 6.45) is 1.89. The molecule has 0 spiro atoms. The van der Waals surface area contributed by atoms with Crippen LogP contribution in [0.3, 0.4) is 0 Å². The van der Waals surface area contributed by atoms with E-state index in [0.29, 0.717) is 22.0 Å². The first kappa shape index (κ1) is 19.7. The van der Waals surface area contributed by atoms with E-state index >= 15 is 0 Å². The molecule has 0 saturated heterocycles. The number of nitrogens with zero attached hydrogens (tertiary/aromatic N) is 3. The van der Waals surface area contributed by atoms with Crippen molar-refractivity contribution in [1.82, 2.24) is 20.1 Å². The van der Waals surface area contributed by atoms with Gasteiger partial charge in [-0.25, -0.2) is 0 Å². The lowest BCUT2D eigenvalue weighted by molar-refractivity contribution is 0.0800. The fourth-order valence-corrected chi connectivity index (χ4v) is 2.57. The zero-order valence-electron chi connectivity index (χ0n) is 14.6. The van der Waals surface area contributed by atoms with E-state index in [1.165, 1.54) is 12.3 Å². The van der Waals surface area contributed by atoms with Crippen molar-refractivity contribution in [3.8, 4) is 16.9 Å². The molecule has 0 unspecified atom stereocenters. The minimum Gasteiger partial charge on any atom is -0.394 e. The number of pyridine rings is 1. The first-order chi connectivity index (χ1) is 13.5. The molecule has 1 amide bonds. The van der Waals surface area contributed by atoms with E-state index in [1.807, 2.05) is 0 Å². The van der Waals surface area contributed by atoms with E-state index in [4.69, 9.17) is 16.7 Å². The highest BCUT2D eigenvalue weighted by molar-refractivity contribution is 6.30. The van der Waals surface area contributed by atoms with Gasteiger partial charge in [-0.05, 0) is 30.3 Å².